The summed E-state index contributed by atoms with van der Waals surface area (Å²) in [7, 11) is 0. The maximum atomic E-state index is 13.4. The molecule has 0 bridgehead atoms. The fourth-order valence-corrected chi connectivity index (χ4v) is 1.91. The Balaban J connectivity index is 2.05. The van der Waals surface area contributed by atoms with Crippen molar-refractivity contribution < 1.29 is 13.6 Å². The van der Waals surface area contributed by atoms with E-state index in [1.165, 1.54) is 12.1 Å². The molecule has 0 unspecified atom stereocenters. The number of hydrogen-bond acceptors (Lipinski definition) is 2. The molecule has 0 amide bonds. The number of hydrogen-bond donors (Lipinski definition) is 0. The van der Waals surface area contributed by atoms with Gasteiger partial charge in [0.1, 0.15) is 5.78 Å². The monoisotopic (exact) mass is 325 g/mol. The smallest absolute Gasteiger partial charge is 0.162 e. The molecule has 2 nitrogen and oxygen atoms in total. The van der Waals surface area contributed by atoms with Crippen molar-refractivity contribution in [2.75, 3.05) is 0 Å². The van der Waals surface area contributed by atoms with Crippen LogP contribution in [0, 0.1) is 11.6 Å². The lowest BCUT2D eigenvalue weighted by Gasteiger charge is -2.03. The van der Waals surface area contributed by atoms with Crippen LogP contribution in [0.5, 0.6) is 0 Å². The second kappa shape index (κ2) is 6.02. The second-order valence-electron chi connectivity index (χ2n) is 4.07. The summed E-state index contributed by atoms with van der Waals surface area (Å²) in [6, 6.07) is 7.31. The van der Waals surface area contributed by atoms with Crippen LogP contribution in [-0.4, -0.2) is 10.8 Å². The summed E-state index contributed by atoms with van der Waals surface area (Å²) in [5.74, 6) is -2.11. The zero-order chi connectivity index (χ0) is 13.8. The number of aromatic nitrogens is 1. The maximum absolute atomic E-state index is 13.4. The van der Waals surface area contributed by atoms with Crippen molar-refractivity contribution in [2.24, 2.45) is 0 Å². The Labute approximate surface area is 117 Å². The Morgan fingerprint density at radius 2 is 1.95 bits per heavy atom. The minimum absolute atomic E-state index is 0.0714. The predicted molar refractivity (Wildman–Crippen MR) is 70.7 cm³/mol. The number of Topliss-reactive ketones (excluding diaryl/α,β-unsaturated/α-hetero) is 1. The summed E-state index contributed by atoms with van der Waals surface area (Å²) in [5.41, 5.74) is 0.673. The number of carbonyl (C=O) groups is 1. The SMILES string of the molecule is O=C(Cc1ccc(Br)cn1)Cc1cccc(F)c1F. The highest BCUT2D eigenvalue weighted by molar-refractivity contribution is 9.10. The molecule has 1 aromatic carbocycles. The topological polar surface area (TPSA) is 30.0 Å². The summed E-state index contributed by atoms with van der Waals surface area (Å²) in [4.78, 5) is 15.9. The van der Waals surface area contributed by atoms with E-state index >= 15 is 0 Å². The van der Waals surface area contributed by atoms with Gasteiger partial charge in [-0.05, 0) is 39.7 Å². The Morgan fingerprint density at radius 3 is 2.63 bits per heavy atom. The number of ketones is 1. The zero-order valence-electron chi connectivity index (χ0n) is 9.87. The molecule has 5 heteroatoms. The fraction of sp³-hybridized carbons (Fsp3) is 0.143. The van der Waals surface area contributed by atoms with Crippen molar-refractivity contribution in [3.63, 3.8) is 0 Å². The van der Waals surface area contributed by atoms with Gasteiger partial charge in [-0.2, -0.15) is 0 Å². The third-order valence-electron chi connectivity index (χ3n) is 2.59. The van der Waals surface area contributed by atoms with E-state index in [4.69, 9.17) is 0 Å². The van der Waals surface area contributed by atoms with Crippen molar-refractivity contribution in [3.8, 4) is 0 Å². The largest absolute Gasteiger partial charge is 0.299 e. The molecule has 1 aromatic heterocycles. The molecule has 0 aliphatic heterocycles. The van der Waals surface area contributed by atoms with Gasteiger partial charge in [0.05, 0.1) is 0 Å². The first-order valence-electron chi connectivity index (χ1n) is 5.61. The summed E-state index contributed by atoms with van der Waals surface area (Å²) in [5, 5.41) is 0. The Hall–Kier alpha value is -1.62. The van der Waals surface area contributed by atoms with E-state index in [0.717, 1.165) is 10.5 Å². The Morgan fingerprint density at radius 1 is 1.16 bits per heavy atom. The first-order valence-corrected chi connectivity index (χ1v) is 6.40. The first kappa shape index (κ1) is 13.8. The Kier molecular flexibility index (Phi) is 4.37. The molecule has 19 heavy (non-hydrogen) atoms. The van der Waals surface area contributed by atoms with Crippen LogP contribution in [-0.2, 0) is 17.6 Å². The number of pyridine rings is 1. The van der Waals surface area contributed by atoms with Gasteiger partial charge >= 0.3 is 0 Å². The van der Waals surface area contributed by atoms with Gasteiger partial charge in [-0.25, -0.2) is 8.78 Å². The number of carbonyl (C=O) groups excluding carboxylic acids is 1. The highest BCUT2D eigenvalue weighted by Gasteiger charge is 2.12. The van der Waals surface area contributed by atoms with Crippen LogP contribution < -0.4 is 0 Å². The number of rotatable bonds is 4. The molecule has 0 spiro atoms. The van der Waals surface area contributed by atoms with Crippen molar-refractivity contribution in [1.82, 2.24) is 4.98 Å². The molecule has 98 valence electrons. The van der Waals surface area contributed by atoms with Gasteiger partial charge in [0.15, 0.2) is 11.6 Å². The zero-order valence-corrected chi connectivity index (χ0v) is 11.5. The second-order valence-corrected chi connectivity index (χ2v) is 4.99. The summed E-state index contributed by atoms with van der Waals surface area (Å²) >= 11 is 3.24. The van der Waals surface area contributed by atoms with E-state index < -0.39 is 11.6 Å². The molecule has 0 saturated heterocycles. The van der Waals surface area contributed by atoms with Crippen LogP contribution in [0.1, 0.15) is 11.3 Å². The van der Waals surface area contributed by atoms with E-state index in [1.807, 2.05) is 0 Å². The molecule has 0 radical (unpaired) electrons. The summed E-state index contributed by atoms with van der Waals surface area (Å²) < 4.78 is 27.2. The summed E-state index contributed by atoms with van der Waals surface area (Å²) in [6.45, 7) is 0. The normalized spacial score (nSPS) is 10.5. The molecule has 0 fully saturated rings. The average Bonchev–Trinajstić information content (AvgIpc) is 2.38. The van der Waals surface area contributed by atoms with Crippen molar-refractivity contribution in [2.45, 2.75) is 12.8 Å². The third-order valence-corrected chi connectivity index (χ3v) is 3.06. The molecule has 0 aliphatic rings. The first-order chi connectivity index (χ1) is 9.06. The molecule has 0 N–H and O–H groups in total. The van der Waals surface area contributed by atoms with E-state index in [2.05, 4.69) is 20.9 Å². The van der Waals surface area contributed by atoms with E-state index in [1.54, 1.807) is 18.3 Å². The van der Waals surface area contributed by atoms with Crippen molar-refractivity contribution >= 4 is 21.7 Å². The highest BCUT2D eigenvalue weighted by atomic mass is 79.9. The molecule has 2 rings (SSSR count). The number of halogens is 3. The predicted octanol–water partition coefficient (Wildman–Crippen LogP) is 3.48. The molecule has 1 heterocycles. The summed E-state index contributed by atoms with van der Waals surface area (Å²) in [6.07, 6.45) is 1.55. The van der Waals surface area contributed by atoms with Gasteiger partial charge in [-0.15, -0.1) is 0 Å². The van der Waals surface area contributed by atoms with Gasteiger partial charge in [-0.3, -0.25) is 9.78 Å². The van der Waals surface area contributed by atoms with Crippen molar-refractivity contribution in [1.29, 1.82) is 0 Å². The van der Waals surface area contributed by atoms with Gasteiger partial charge in [0, 0.05) is 29.2 Å². The van der Waals surface area contributed by atoms with E-state index in [9.17, 15) is 13.6 Å². The van der Waals surface area contributed by atoms with Gasteiger partial charge in [0.2, 0.25) is 0 Å². The van der Waals surface area contributed by atoms with Crippen LogP contribution in [0.2, 0.25) is 0 Å². The van der Waals surface area contributed by atoms with Crippen LogP contribution in [0.25, 0.3) is 0 Å². The van der Waals surface area contributed by atoms with E-state index in [0.29, 0.717) is 5.69 Å². The van der Waals surface area contributed by atoms with Crippen LogP contribution >= 0.6 is 15.9 Å². The minimum atomic E-state index is -0.959. The van der Waals surface area contributed by atoms with Gasteiger partial charge < -0.3 is 0 Å². The highest BCUT2D eigenvalue weighted by Crippen LogP contribution is 2.13. The lowest BCUT2D eigenvalue weighted by molar-refractivity contribution is -0.117. The molecule has 0 atom stereocenters. The van der Waals surface area contributed by atoms with Gasteiger partial charge in [-0.1, -0.05) is 12.1 Å². The molecule has 0 saturated carbocycles. The molecular formula is C14H10BrF2NO. The molecule has 2 aromatic rings. The lowest BCUT2D eigenvalue weighted by Crippen LogP contribution is -2.09. The van der Waals surface area contributed by atoms with E-state index in [-0.39, 0.29) is 24.2 Å². The fourth-order valence-electron chi connectivity index (χ4n) is 1.67. The number of benzene rings is 1. The third kappa shape index (κ3) is 3.67. The quantitative estimate of drug-likeness (QED) is 0.861. The lowest BCUT2D eigenvalue weighted by atomic mass is 10.0. The van der Waals surface area contributed by atoms with Crippen molar-refractivity contribution in [3.05, 3.63) is 63.9 Å². The minimum Gasteiger partial charge on any atom is -0.299 e. The molecule has 0 aliphatic carbocycles. The molecular weight excluding hydrogens is 316 g/mol. The Bertz CT molecular complexity index is 599. The van der Waals surface area contributed by atoms with Crippen LogP contribution in [0.4, 0.5) is 8.78 Å². The van der Waals surface area contributed by atoms with Gasteiger partial charge in [0.25, 0.3) is 0 Å². The average molecular weight is 326 g/mol. The van der Waals surface area contributed by atoms with Crippen LogP contribution in [0.3, 0.4) is 0 Å². The maximum Gasteiger partial charge on any atom is 0.162 e. The standard InChI is InChI=1S/C14H10BrF2NO/c15-10-4-5-11(18-8-10)7-12(19)6-9-2-1-3-13(16)14(9)17/h1-5,8H,6-7H2. The number of nitrogens with zero attached hydrogens (tertiary/aromatic N) is 1. The van der Waals surface area contributed by atoms with Crippen LogP contribution in [0.15, 0.2) is 41.0 Å².